The van der Waals surface area contributed by atoms with Crippen molar-refractivity contribution in [3.63, 3.8) is 0 Å². The van der Waals surface area contributed by atoms with E-state index in [1.807, 2.05) is 54.6 Å². The number of nitrogens with one attached hydrogen (secondary N) is 1. The summed E-state index contributed by atoms with van der Waals surface area (Å²) in [6.07, 6.45) is 1.56. The monoisotopic (exact) mass is 572 g/mol. The Labute approximate surface area is 216 Å². The number of ether oxygens (including phenoxy) is 1. The lowest BCUT2D eigenvalue weighted by Gasteiger charge is -2.10. The molecule has 5 aromatic carbocycles. The number of carbonyl (C=O) groups is 1. The molecule has 0 aliphatic carbocycles. The molecule has 6 heteroatoms. The van der Waals surface area contributed by atoms with E-state index in [0.717, 1.165) is 31.2 Å². The summed E-state index contributed by atoms with van der Waals surface area (Å²) in [5.41, 5.74) is 4.58. The van der Waals surface area contributed by atoms with Crippen LogP contribution in [0.15, 0.2) is 102 Å². The smallest absolute Gasteiger partial charge is 0.275 e. The molecule has 35 heavy (non-hydrogen) atoms. The normalized spacial score (nSPS) is 11.2. The first-order valence-electron chi connectivity index (χ1n) is 11.0. The zero-order valence-electron chi connectivity index (χ0n) is 18.6. The van der Waals surface area contributed by atoms with Crippen LogP contribution in [0.5, 0.6) is 11.5 Å². The van der Waals surface area contributed by atoms with Crippen molar-refractivity contribution in [1.29, 1.82) is 0 Å². The van der Waals surface area contributed by atoms with Gasteiger partial charge in [-0.05, 0) is 91.7 Å². The summed E-state index contributed by atoms with van der Waals surface area (Å²) >= 11 is 2.22. The number of fused-ring (bicyclic) bond motifs is 2. The Kier molecular flexibility index (Phi) is 6.63. The molecule has 0 saturated carbocycles. The predicted octanol–water partition coefficient (Wildman–Crippen LogP) is 6.65. The Morgan fingerprint density at radius 2 is 1.54 bits per heavy atom. The molecular formula is C29H21IN2O3. The molecule has 0 atom stereocenters. The van der Waals surface area contributed by atoms with Crippen LogP contribution in [0.1, 0.15) is 21.5 Å². The van der Waals surface area contributed by atoms with E-state index in [1.54, 1.807) is 18.3 Å². The van der Waals surface area contributed by atoms with Gasteiger partial charge in [0.25, 0.3) is 5.91 Å². The minimum Gasteiger partial charge on any atom is -0.507 e. The molecule has 0 fully saturated rings. The van der Waals surface area contributed by atoms with Crippen molar-refractivity contribution in [1.82, 2.24) is 5.43 Å². The average Bonchev–Trinajstić information content (AvgIpc) is 2.87. The number of amides is 1. The summed E-state index contributed by atoms with van der Waals surface area (Å²) in [7, 11) is 0. The van der Waals surface area contributed by atoms with Crippen LogP contribution in [0, 0.1) is 3.57 Å². The topological polar surface area (TPSA) is 70.9 Å². The molecule has 0 aliphatic heterocycles. The number of nitrogens with zero attached hydrogens (tertiary/aromatic N) is 1. The SMILES string of the molecule is O=C(NN=Cc1ccc(OCc2ccc3ccccc3c2)c(I)c1)c1cc2ccccc2cc1O. The van der Waals surface area contributed by atoms with Gasteiger partial charge in [0.2, 0.25) is 0 Å². The van der Waals surface area contributed by atoms with E-state index in [-0.39, 0.29) is 11.3 Å². The van der Waals surface area contributed by atoms with Gasteiger partial charge in [-0.3, -0.25) is 4.79 Å². The van der Waals surface area contributed by atoms with Gasteiger partial charge < -0.3 is 9.84 Å². The summed E-state index contributed by atoms with van der Waals surface area (Å²) in [4.78, 5) is 12.5. The Morgan fingerprint density at radius 1 is 0.857 bits per heavy atom. The summed E-state index contributed by atoms with van der Waals surface area (Å²) in [6, 6.07) is 31.0. The predicted molar refractivity (Wildman–Crippen MR) is 148 cm³/mol. The number of phenols is 1. The highest BCUT2D eigenvalue weighted by molar-refractivity contribution is 14.1. The Hall–Kier alpha value is -3.91. The Bertz CT molecular complexity index is 1580. The third-order valence-corrected chi connectivity index (χ3v) is 6.50. The summed E-state index contributed by atoms with van der Waals surface area (Å²) in [6.45, 7) is 0.472. The van der Waals surface area contributed by atoms with Gasteiger partial charge in [0.15, 0.2) is 0 Å². The molecule has 0 bridgehead atoms. The van der Waals surface area contributed by atoms with Crippen molar-refractivity contribution in [3.05, 3.63) is 117 Å². The fraction of sp³-hybridized carbons (Fsp3) is 0.0345. The van der Waals surface area contributed by atoms with Crippen LogP contribution in [0.25, 0.3) is 21.5 Å². The van der Waals surface area contributed by atoms with Crippen molar-refractivity contribution < 1.29 is 14.6 Å². The standard InChI is InChI=1S/C29H21IN2O3/c30-26-14-19(10-12-28(26)35-18-20-9-11-21-5-1-2-6-22(21)13-20)17-31-32-29(34)25-15-23-7-3-4-8-24(23)16-27(25)33/h1-17,33H,18H2,(H,32,34). The minimum atomic E-state index is -0.477. The third kappa shape index (κ3) is 5.27. The van der Waals surface area contributed by atoms with Crippen LogP contribution < -0.4 is 10.2 Å². The number of aromatic hydroxyl groups is 1. The van der Waals surface area contributed by atoms with Crippen molar-refractivity contribution >= 4 is 56.3 Å². The average molecular weight is 572 g/mol. The molecule has 0 aliphatic rings. The second-order valence-electron chi connectivity index (χ2n) is 8.08. The molecule has 5 aromatic rings. The first kappa shape index (κ1) is 22.9. The first-order chi connectivity index (χ1) is 17.1. The lowest BCUT2D eigenvalue weighted by atomic mass is 10.1. The van der Waals surface area contributed by atoms with Crippen molar-refractivity contribution in [2.45, 2.75) is 6.61 Å². The summed E-state index contributed by atoms with van der Waals surface area (Å²) in [5.74, 6) is 0.217. The fourth-order valence-electron chi connectivity index (χ4n) is 3.84. The van der Waals surface area contributed by atoms with Crippen LogP contribution in [0.4, 0.5) is 0 Å². The van der Waals surface area contributed by atoms with Gasteiger partial charge in [-0.15, -0.1) is 0 Å². The van der Waals surface area contributed by atoms with Crippen molar-refractivity contribution in [2.24, 2.45) is 5.10 Å². The van der Waals surface area contributed by atoms with E-state index < -0.39 is 5.91 Å². The molecule has 5 rings (SSSR count). The number of hydrazone groups is 1. The van der Waals surface area contributed by atoms with E-state index in [1.165, 1.54) is 10.8 Å². The van der Waals surface area contributed by atoms with E-state index in [2.05, 4.69) is 63.4 Å². The lowest BCUT2D eigenvalue weighted by molar-refractivity contribution is 0.0952. The maximum atomic E-state index is 12.5. The second kappa shape index (κ2) is 10.1. The van der Waals surface area contributed by atoms with Gasteiger partial charge in [0, 0.05) is 0 Å². The maximum Gasteiger partial charge on any atom is 0.275 e. The van der Waals surface area contributed by atoms with E-state index >= 15 is 0 Å². The number of hydrogen-bond donors (Lipinski definition) is 2. The molecule has 172 valence electrons. The number of phenolic OH excluding ortho intramolecular Hbond substituents is 1. The molecule has 0 heterocycles. The highest BCUT2D eigenvalue weighted by Crippen LogP contribution is 2.25. The quantitative estimate of drug-likeness (QED) is 0.136. The molecule has 0 aromatic heterocycles. The number of halogens is 1. The molecule has 2 N–H and O–H groups in total. The van der Waals surface area contributed by atoms with Gasteiger partial charge in [-0.2, -0.15) is 5.10 Å². The fourth-order valence-corrected chi connectivity index (χ4v) is 4.53. The molecule has 0 saturated heterocycles. The lowest BCUT2D eigenvalue weighted by Crippen LogP contribution is -2.17. The zero-order chi connectivity index (χ0) is 24.2. The van der Waals surface area contributed by atoms with Gasteiger partial charge in [-0.1, -0.05) is 60.7 Å². The highest BCUT2D eigenvalue weighted by atomic mass is 127. The summed E-state index contributed by atoms with van der Waals surface area (Å²) in [5, 5.41) is 18.4. The van der Waals surface area contributed by atoms with Crippen LogP contribution in [-0.4, -0.2) is 17.2 Å². The number of benzene rings is 5. The van der Waals surface area contributed by atoms with Crippen LogP contribution >= 0.6 is 22.6 Å². The van der Waals surface area contributed by atoms with Gasteiger partial charge >= 0.3 is 0 Å². The van der Waals surface area contributed by atoms with Crippen molar-refractivity contribution in [2.75, 3.05) is 0 Å². The molecule has 0 unspecified atom stereocenters. The Morgan fingerprint density at radius 3 is 2.29 bits per heavy atom. The van der Waals surface area contributed by atoms with Crippen LogP contribution in [0.3, 0.4) is 0 Å². The van der Waals surface area contributed by atoms with E-state index in [0.29, 0.717) is 6.61 Å². The highest BCUT2D eigenvalue weighted by Gasteiger charge is 2.12. The molecule has 0 spiro atoms. The van der Waals surface area contributed by atoms with E-state index in [4.69, 9.17) is 4.74 Å². The van der Waals surface area contributed by atoms with E-state index in [9.17, 15) is 9.90 Å². The maximum absolute atomic E-state index is 12.5. The molecular weight excluding hydrogens is 551 g/mol. The third-order valence-electron chi connectivity index (χ3n) is 5.65. The van der Waals surface area contributed by atoms with Gasteiger partial charge in [0.05, 0.1) is 15.3 Å². The minimum absolute atomic E-state index is 0.0844. The zero-order valence-corrected chi connectivity index (χ0v) is 20.8. The number of carbonyl (C=O) groups excluding carboxylic acids is 1. The molecule has 5 nitrogen and oxygen atoms in total. The second-order valence-corrected chi connectivity index (χ2v) is 9.24. The van der Waals surface area contributed by atoms with Crippen LogP contribution in [0.2, 0.25) is 0 Å². The van der Waals surface area contributed by atoms with Crippen LogP contribution in [-0.2, 0) is 6.61 Å². The Balaban J connectivity index is 1.22. The first-order valence-corrected chi connectivity index (χ1v) is 12.1. The molecule has 1 amide bonds. The summed E-state index contributed by atoms with van der Waals surface area (Å²) < 4.78 is 6.96. The number of hydrogen-bond acceptors (Lipinski definition) is 4. The molecule has 0 radical (unpaired) electrons. The van der Waals surface area contributed by atoms with Gasteiger partial charge in [0.1, 0.15) is 18.1 Å². The van der Waals surface area contributed by atoms with Gasteiger partial charge in [-0.25, -0.2) is 5.43 Å². The largest absolute Gasteiger partial charge is 0.507 e. The number of rotatable bonds is 6. The van der Waals surface area contributed by atoms with Crippen molar-refractivity contribution in [3.8, 4) is 11.5 Å².